The number of methoxy groups -OCH3 is 2. The van der Waals surface area contributed by atoms with Crippen molar-refractivity contribution in [2.45, 2.75) is 87.6 Å². The van der Waals surface area contributed by atoms with Crippen molar-refractivity contribution < 1.29 is 32.2 Å². The summed E-state index contributed by atoms with van der Waals surface area (Å²) >= 11 is 0. The Morgan fingerprint density at radius 1 is 1.05 bits per heavy atom. The van der Waals surface area contributed by atoms with Gasteiger partial charge >= 0.3 is 0 Å². The van der Waals surface area contributed by atoms with Crippen LogP contribution in [0.25, 0.3) is 0 Å². The van der Waals surface area contributed by atoms with E-state index in [9.17, 15) is 8.78 Å². The minimum Gasteiger partial charge on any atom is -0.493 e. The molecule has 2 heterocycles. The summed E-state index contributed by atoms with van der Waals surface area (Å²) in [6, 6.07) is 11.5. The second-order valence-corrected chi connectivity index (χ2v) is 14.7. The molecule has 9 rings (SSSR count). The van der Waals surface area contributed by atoms with E-state index >= 15 is 0 Å². The molecule has 1 saturated heterocycles. The zero-order chi connectivity index (χ0) is 29.1. The molecule has 2 aromatic carbocycles. The molecule has 7 atom stereocenters. The maximum atomic E-state index is 13.7. The molecule has 4 bridgehead atoms. The van der Waals surface area contributed by atoms with E-state index in [1.807, 2.05) is 7.11 Å². The Morgan fingerprint density at radius 3 is 2.52 bits per heavy atom. The lowest BCUT2D eigenvalue weighted by molar-refractivity contribution is -0.952. The molecule has 5 aliphatic carbocycles. The third-order valence-corrected chi connectivity index (χ3v) is 12.8. The molecule has 0 N–H and O–H groups in total. The first-order valence-electron chi connectivity index (χ1n) is 15.9. The Kier molecular flexibility index (Phi) is 5.81. The second-order valence-electron chi connectivity index (χ2n) is 14.7. The highest BCUT2D eigenvalue weighted by Crippen LogP contribution is 2.77. The zero-order valence-corrected chi connectivity index (χ0v) is 25.4. The highest BCUT2D eigenvalue weighted by atomic mass is 19.3. The molecule has 5 nitrogen and oxygen atoms in total. The molecule has 0 aromatic heterocycles. The van der Waals surface area contributed by atoms with Crippen LogP contribution in [0.1, 0.15) is 67.7 Å². The molecule has 1 unspecified atom stereocenters. The van der Waals surface area contributed by atoms with E-state index in [0.717, 1.165) is 62.0 Å². The molecule has 42 heavy (non-hydrogen) atoms. The lowest BCUT2D eigenvalue weighted by Gasteiger charge is -2.74. The maximum absolute atomic E-state index is 13.7. The number of hydrogen-bond donors (Lipinski definition) is 0. The number of likely N-dealkylation sites (tertiary alicyclic amines) is 1. The molecule has 4 saturated carbocycles. The summed E-state index contributed by atoms with van der Waals surface area (Å²) in [6.45, 7) is 4.37. The topological polar surface area (TPSA) is 36.9 Å². The largest absolute Gasteiger partial charge is 0.493 e. The van der Waals surface area contributed by atoms with Crippen LogP contribution in [0.3, 0.4) is 0 Å². The number of ether oxygens (including phenoxy) is 4. The van der Waals surface area contributed by atoms with Crippen LogP contribution in [0.5, 0.6) is 11.5 Å². The van der Waals surface area contributed by atoms with Gasteiger partial charge in [0, 0.05) is 55.3 Å². The van der Waals surface area contributed by atoms with Crippen molar-refractivity contribution in [2.75, 3.05) is 41.0 Å². The number of rotatable bonds is 9. The van der Waals surface area contributed by atoms with Gasteiger partial charge in [-0.2, -0.15) is 0 Å². The summed E-state index contributed by atoms with van der Waals surface area (Å²) in [5, 5.41) is 0. The van der Waals surface area contributed by atoms with Gasteiger partial charge in [0.25, 0.3) is 5.92 Å². The molecule has 2 aromatic rings. The Morgan fingerprint density at radius 2 is 1.83 bits per heavy atom. The number of nitrogens with zero attached hydrogens (tertiary/aromatic N) is 1. The monoisotopic (exact) mass is 580 g/mol. The van der Waals surface area contributed by atoms with Gasteiger partial charge in [0.1, 0.15) is 11.7 Å². The maximum Gasteiger partial charge on any atom is 0.270 e. The van der Waals surface area contributed by atoms with Crippen LogP contribution in [0, 0.1) is 17.3 Å². The number of fused-ring (bicyclic) bond motifs is 2. The van der Waals surface area contributed by atoms with Gasteiger partial charge in [-0.05, 0) is 49.3 Å². The van der Waals surface area contributed by atoms with Crippen LogP contribution in [0.2, 0.25) is 0 Å². The van der Waals surface area contributed by atoms with Crippen molar-refractivity contribution in [1.29, 1.82) is 0 Å². The van der Waals surface area contributed by atoms with Crippen LogP contribution in [-0.2, 0) is 33.8 Å². The minimum absolute atomic E-state index is 0.0301. The van der Waals surface area contributed by atoms with Crippen LogP contribution in [0.4, 0.5) is 8.78 Å². The highest BCUT2D eigenvalue weighted by Gasteiger charge is 2.83. The summed E-state index contributed by atoms with van der Waals surface area (Å²) in [7, 11) is 6.16. The van der Waals surface area contributed by atoms with Crippen molar-refractivity contribution in [2.24, 2.45) is 17.3 Å². The zero-order valence-electron chi connectivity index (χ0n) is 25.4. The van der Waals surface area contributed by atoms with Gasteiger partial charge in [0.05, 0.1) is 51.9 Å². The smallest absolute Gasteiger partial charge is 0.270 e. The fourth-order valence-corrected chi connectivity index (χ4v) is 10.8. The predicted molar refractivity (Wildman–Crippen MR) is 155 cm³/mol. The first-order valence-corrected chi connectivity index (χ1v) is 15.9. The summed E-state index contributed by atoms with van der Waals surface area (Å²) in [4.78, 5) is 0. The van der Waals surface area contributed by atoms with E-state index in [2.05, 4.69) is 19.2 Å². The van der Waals surface area contributed by atoms with Gasteiger partial charge in [0.2, 0.25) is 0 Å². The van der Waals surface area contributed by atoms with E-state index in [0.29, 0.717) is 19.3 Å². The Bertz CT molecular complexity index is 1400. The van der Waals surface area contributed by atoms with Gasteiger partial charge in [-0.1, -0.05) is 30.3 Å². The number of benzene rings is 2. The number of piperidine rings is 1. The molecular formula is C35H44F2NO4+. The number of likely N-dealkylation sites (N-methyl/N-ethyl adjacent to an activating group) is 1. The molecule has 7 heteroatoms. The standard InChI is InChI=1S/C35H44F2NO4/c1-32(36,37)25-10-7-23(8-11-25)20-41-21-26-18-33-13-14-35(26,40-4)31-34(33)15-16-38(2,19-22-5-6-22)28(33)17-24-9-12-27(39-3)30(42-31)29(24)34/h7-12,22,26,28,31H,5-6,13-21H2,1-4H3/q+1/t26-,28-,31-,33-,34+,35-,38?/m1/s1. The van der Waals surface area contributed by atoms with Gasteiger partial charge < -0.3 is 23.4 Å². The van der Waals surface area contributed by atoms with Crippen molar-refractivity contribution in [3.05, 3.63) is 58.7 Å². The molecule has 2 aliphatic heterocycles. The lowest BCUT2D eigenvalue weighted by Crippen LogP contribution is -2.83. The average Bonchev–Trinajstić information content (AvgIpc) is 3.71. The van der Waals surface area contributed by atoms with Crippen LogP contribution >= 0.6 is 0 Å². The van der Waals surface area contributed by atoms with E-state index in [4.69, 9.17) is 18.9 Å². The highest BCUT2D eigenvalue weighted by molar-refractivity contribution is 5.63. The lowest BCUT2D eigenvalue weighted by atomic mass is 9.34. The molecule has 0 amide bonds. The van der Waals surface area contributed by atoms with Crippen molar-refractivity contribution in [1.82, 2.24) is 0 Å². The van der Waals surface area contributed by atoms with Crippen molar-refractivity contribution >= 4 is 0 Å². The summed E-state index contributed by atoms with van der Waals surface area (Å²) in [5.74, 6) is 0.00963. The number of halogens is 2. The summed E-state index contributed by atoms with van der Waals surface area (Å²) < 4.78 is 54.7. The van der Waals surface area contributed by atoms with Gasteiger partial charge in [-0.3, -0.25) is 0 Å². The normalized spacial score (nSPS) is 39.1. The van der Waals surface area contributed by atoms with E-state index in [1.54, 1.807) is 19.2 Å². The number of alkyl halides is 2. The Hall–Kier alpha value is -2.22. The number of quaternary nitrogens is 1. The predicted octanol–water partition coefficient (Wildman–Crippen LogP) is 6.39. The summed E-state index contributed by atoms with van der Waals surface area (Å²) in [5.41, 5.74) is 3.42. The molecule has 0 radical (unpaired) electrons. The van der Waals surface area contributed by atoms with E-state index in [1.165, 1.54) is 53.7 Å². The fourth-order valence-electron chi connectivity index (χ4n) is 10.8. The molecule has 7 aliphatic rings. The first-order chi connectivity index (χ1) is 20.1. The van der Waals surface area contributed by atoms with E-state index in [-0.39, 0.29) is 28.4 Å². The Balaban J connectivity index is 1.16. The van der Waals surface area contributed by atoms with Crippen LogP contribution < -0.4 is 9.47 Å². The van der Waals surface area contributed by atoms with E-state index < -0.39 is 11.5 Å². The van der Waals surface area contributed by atoms with Crippen molar-refractivity contribution in [3.63, 3.8) is 0 Å². The van der Waals surface area contributed by atoms with Crippen LogP contribution in [0.15, 0.2) is 36.4 Å². The third-order valence-electron chi connectivity index (χ3n) is 12.8. The Labute approximate surface area is 248 Å². The van der Waals surface area contributed by atoms with Crippen molar-refractivity contribution in [3.8, 4) is 11.5 Å². The van der Waals surface area contributed by atoms with Gasteiger partial charge in [0.15, 0.2) is 11.5 Å². The third kappa shape index (κ3) is 3.45. The first kappa shape index (κ1) is 27.3. The minimum atomic E-state index is -2.84. The summed E-state index contributed by atoms with van der Waals surface area (Å²) in [6.07, 6.45) is 8.09. The quantitative estimate of drug-likeness (QED) is 0.322. The SMILES string of the molecule is COc1ccc2c3c1O[C@H]1[C@@]4(OC)CC[C@@]5(C[C@@H]4COCc4ccc(C(C)(F)F)cc4)[C@@H](C2)[N+](C)(CC2CC2)CC[C@]315. The van der Waals surface area contributed by atoms with Gasteiger partial charge in [-0.25, -0.2) is 8.78 Å². The van der Waals surface area contributed by atoms with Crippen LogP contribution in [-0.4, -0.2) is 63.2 Å². The average molecular weight is 581 g/mol. The molecule has 226 valence electrons. The molecule has 2 spiro atoms. The molecule has 5 fully saturated rings. The molecular weight excluding hydrogens is 536 g/mol. The fraction of sp³-hybridized carbons (Fsp3) is 0.657. The number of hydrogen-bond acceptors (Lipinski definition) is 4. The van der Waals surface area contributed by atoms with Gasteiger partial charge in [-0.15, -0.1) is 0 Å². The second kappa shape index (κ2) is 8.92.